The molecule has 3 unspecified atom stereocenters. The molecule has 0 aromatic heterocycles. The molecule has 4 fully saturated rings. The van der Waals surface area contributed by atoms with Crippen molar-refractivity contribution in [1.29, 1.82) is 0 Å². The van der Waals surface area contributed by atoms with Crippen LogP contribution in [0.25, 0.3) is 0 Å². The van der Waals surface area contributed by atoms with Crippen molar-refractivity contribution in [3.05, 3.63) is 23.3 Å². The topological polar surface area (TPSA) is 134 Å². The Morgan fingerprint density at radius 2 is 1.58 bits per heavy atom. The van der Waals surface area contributed by atoms with Crippen LogP contribution in [0.5, 0.6) is 0 Å². The molecule has 4 N–H and O–H groups in total. The average molecular weight is 667 g/mol. The molecule has 5 aliphatic rings. The number of carbonyl (C=O) groups is 2. The number of aliphatic hydroxyl groups is 4. The van der Waals surface area contributed by atoms with Crippen molar-refractivity contribution in [3.8, 4) is 0 Å². The first-order chi connectivity index (χ1) is 20.8. The fourth-order valence-electron chi connectivity index (χ4n) is 10.6. The van der Waals surface area contributed by atoms with Crippen molar-refractivity contribution in [2.24, 2.45) is 39.4 Å². The van der Waals surface area contributed by atoms with Crippen LogP contribution in [0.2, 0.25) is 0 Å². The predicted molar refractivity (Wildman–Crippen MR) is 178 cm³/mol. The Labute approximate surface area is 279 Å². The Hall–Kier alpha value is -1.04. The molecule has 10 heteroatoms. The number of hydrogen-bond acceptors (Lipinski definition) is 10. The van der Waals surface area contributed by atoms with Crippen molar-refractivity contribution in [3.63, 3.8) is 0 Å². The van der Waals surface area contributed by atoms with Crippen LogP contribution in [0.3, 0.4) is 0 Å². The van der Waals surface area contributed by atoms with Gasteiger partial charge in [-0.1, -0.05) is 45.4 Å². The molecular weight excluding hydrogens is 613 g/mol. The Kier molecular flexibility index (Phi) is 9.05. The average Bonchev–Trinajstić information content (AvgIpc) is 2.96. The van der Waals surface area contributed by atoms with Gasteiger partial charge in [0.05, 0.1) is 36.4 Å². The maximum atomic E-state index is 12.6. The Balaban J connectivity index is 1.56. The van der Waals surface area contributed by atoms with Crippen molar-refractivity contribution < 1.29 is 39.5 Å². The Morgan fingerprint density at radius 3 is 2.20 bits per heavy atom. The van der Waals surface area contributed by atoms with Crippen molar-refractivity contribution >= 4 is 37.2 Å². The van der Waals surface area contributed by atoms with Crippen molar-refractivity contribution in [2.75, 3.05) is 13.2 Å². The van der Waals surface area contributed by atoms with Crippen LogP contribution in [-0.4, -0.2) is 79.5 Å². The second-order valence-corrected chi connectivity index (χ2v) is 17.8. The summed E-state index contributed by atoms with van der Waals surface area (Å²) in [7, 11) is 0. The Morgan fingerprint density at radius 1 is 0.911 bits per heavy atom. The summed E-state index contributed by atoms with van der Waals surface area (Å²) in [6, 6.07) is 0. The summed E-state index contributed by atoms with van der Waals surface area (Å²) in [4.78, 5) is 24.6. The van der Waals surface area contributed by atoms with Crippen LogP contribution in [0.4, 0.5) is 0 Å². The molecular formula is C35H54O8S2. The van der Waals surface area contributed by atoms with Crippen LogP contribution in [0, 0.1) is 39.4 Å². The summed E-state index contributed by atoms with van der Waals surface area (Å²) < 4.78 is 10.2. The number of hydrogen-bond donors (Lipinski definition) is 6. The van der Waals surface area contributed by atoms with Gasteiger partial charge >= 0.3 is 11.9 Å². The lowest BCUT2D eigenvalue weighted by Gasteiger charge is -2.71. The highest BCUT2D eigenvalue weighted by molar-refractivity contribution is 7.83. The van der Waals surface area contributed by atoms with E-state index in [-0.39, 0.29) is 43.4 Å². The van der Waals surface area contributed by atoms with Gasteiger partial charge < -0.3 is 29.9 Å². The molecule has 254 valence electrons. The van der Waals surface area contributed by atoms with Crippen LogP contribution in [0.15, 0.2) is 23.3 Å². The van der Waals surface area contributed by atoms with Gasteiger partial charge in [-0.05, 0) is 82.0 Å². The van der Waals surface area contributed by atoms with Gasteiger partial charge in [0.1, 0.15) is 6.61 Å². The molecule has 45 heavy (non-hydrogen) atoms. The highest BCUT2D eigenvalue weighted by Gasteiger charge is 2.73. The number of esters is 2. The number of carbonyl (C=O) groups excluding carboxylic acids is 2. The first-order valence-electron chi connectivity index (χ1n) is 16.6. The molecule has 0 heterocycles. The molecule has 5 aliphatic carbocycles. The van der Waals surface area contributed by atoms with Crippen LogP contribution >= 0.6 is 25.3 Å². The summed E-state index contributed by atoms with van der Waals surface area (Å²) in [6.45, 7) is 12.8. The van der Waals surface area contributed by atoms with Gasteiger partial charge in [0.25, 0.3) is 0 Å². The van der Waals surface area contributed by atoms with E-state index in [1.165, 1.54) is 6.92 Å². The minimum Gasteiger partial charge on any atom is -0.465 e. The van der Waals surface area contributed by atoms with Gasteiger partial charge in [0, 0.05) is 32.8 Å². The molecule has 0 bridgehead atoms. The largest absolute Gasteiger partial charge is 0.465 e. The molecule has 0 spiro atoms. The molecule has 0 radical (unpaired) electrons. The summed E-state index contributed by atoms with van der Waals surface area (Å²) in [5.74, 6) is -1.27. The fourth-order valence-corrected chi connectivity index (χ4v) is 12.2. The van der Waals surface area contributed by atoms with E-state index in [0.29, 0.717) is 44.1 Å². The second kappa shape index (κ2) is 11.5. The Bertz CT molecular complexity index is 1280. The minimum absolute atomic E-state index is 0.00995. The molecule has 8 nitrogen and oxygen atoms in total. The molecule has 0 aromatic carbocycles. The molecule has 4 saturated carbocycles. The standard InChI is InChI=1S/C35H54O8S2/c1-8-19(2)29(41)43-17-31(6)23-11-14-35(45)24(34(23,44)13-12-25(31)37)10-9-21-22-15-30(4,5)27(39)28(40)33(22,18-42-20(3)36)26(38)16-32(21,35)7/h8-9,22-28,37-40,44-45H,10-18H2,1-7H3/b19-8+/t22?,23?,24?,25-,26+,27-,28-,31+,32+,33-,34+,35-/m0/s1. The third kappa shape index (κ3) is 4.93. The van der Waals surface area contributed by atoms with Gasteiger partial charge in [-0.15, -0.1) is 0 Å². The lowest BCUT2D eigenvalue weighted by molar-refractivity contribution is -0.243. The molecule has 5 rings (SSSR count). The van der Waals surface area contributed by atoms with Crippen LogP contribution < -0.4 is 0 Å². The molecule has 0 saturated heterocycles. The molecule has 12 atom stereocenters. The van der Waals surface area contributed by atoms with E-state index in [1.54, 1.807) is 19.9 Å². The summed E-state index contributed by atoms with van der Waals surface area (Å²) in [5.41, 5.74) is -1.53. The monoisotopic (exact) mass is 666 g/mol. The van der Waals surface area contributed by atoms with E-state index in [2.05, 4.69) is 13.0 Å². The number of ether oxygens (including phenoxy) is 2. The van der Waals surface area contributed by atoms with Gasteiger partial charge in [0.15, 0.2) is 0 Å². The second-order valence-electron chi connectivity index (χ2n) is 16.1. The lowest BCUT2D eigenvalue weighted by atomic mass is 9.39. The first kappa shape index (κ1) is 35.3. The normalized spacial score (nSPS) is 49.0. The minimum atomic E-state index is -1.29. The zero-order chi connectivity index (χ0) is 33.5. The maximum Gasteiger partial charge on any atom is 0.333 e. The van der Waals surface area contributed by atoms with E-state index in [4.69, 9.17) is 34.7 Å². The first-order valence-corrected chi connectivity index (χ1v) is 17.5. The summed E-state index contributed by atoms with van der Waals surface area (Å²) in [5, 5.41) is 46.4. The lowest BCUT2D eigenvalue weighted by Crippen LogP contribution is -2.73. The molecule has 0 amide bonds. The zero-order valence-corrected chi connectivity index (χ0v) is 29.7. The zero-order valence-electron chi connectivity index (χ0n) is 27.9. The number of thiol groups is 2. The highest BCUT2D eigenvalue weighted by atomic mass is 32.1. The van der Waals surface area contributed by atoms with E-state index < -0.39 is 61.5 Å². The molecule has 0 aromatic rings. The number of rotatable bonds is 5. The van der Waals surface area contributed by atoms with Gasteiger partial charge in [0.2, 0.25) is 0 Å². The maximum absolute atomic E-state index is 12.6. The number of fused-ring (bicyclic) bond motifs is 7. The number of aliphatic hydroxyl groups excluding tert-OH is 4. The molecule has 0 aliphatic heterocycles. The van der Waals surface area contributed by atoms with E-state index in [1.807, 2.05) is 20.8 Å². The quantitative estimate of drug-likeness (QED) is 0.110. The van der Waals surface area contributed by atoms with Gasteiger partial charge in [-0.25, -0.2) is 4.79 Å². The SMILES string of the molecule is C/C=C(\C)C(=O)OC[C@]1(C)C2CC[C@]3(S)C(CC=C4C5CC(C)(C)[C@@H](O)[C@H](O)[C@]5(COC(C)=O)[C@H](O)C[C@]43C)[C@@]2(S)CC[C@@H]1O. The third-order valence-electron chi connectivity index (χ3n) is 13.6. The van der Waals surface area contributed by atoms with Crippen molar-refractivity contribution in [1.82, 2.24) is 0 Å². The fraction of sp³-hybridized carbons (Fsp3) is 0.829. The van der Waals surface area contributed by atoms with Gasteiger partial charge in [-0.3, -0.25) is 4.79 Å². The highest BCUT2D eigenvalue weighted by Crippen LogP contribution is 2.73. The van der Waals surface area contributed by atoms with Crippen LogP contribution in [-0.2, 0) is 19.1 Å². The smallest absolute Gasteiger partial charge is 0.333 e. The predicted octanol–water partition coefficient (Wildman–Crippen LogP) is 4.44. The van der Waals surface area contributed by atoms with E-state index >= 15 is 0 Å². The summed E-state index contributed by atoms with van der Waals surface area (Å²) in [6.07, 6.45) is 3.99. The summed E-state index contributed by atoms with van der Waals surface area (Å²) >= 11 is 11.1. The van der Waals surface area contributed by atoms with Gasteiger partial charge in [-0.2, -0.15) is 25.3 Å². The van der Waals surface area contributed by atoms with E-state index in [9.17, 15) is 30.0 Å². The van der Waals surface area contributed by atoms with E-state index in [0.717, 1.165) is 5.57 Å². The van der Waals surface area contributed by atoms with Crippen LogP contribution in [0.1, 0.15) is 93.4 Å². The van der Waals surface area contributed by atoms with Crippen molar-refractivity contribution in [2.45, 2.75) is 127 Å². The third-order valence-corrected chi connectivity index (χ3v) is 15.4. The number of allylic oxidation sites excluding steroid dienone is 3.